The maximum absolute atomic E-state index is 12.9. The van der Waals surface area contributed by atoms with Crippen molar-refractivity contribution in [1.29, 1.82) is 0 Å². The van der Waals surface area contributed by atoms with Gasteiger partial charge in [0.15, 0.2) is 0 Å². The van der Waals surface area contributed by atoms with Crippen LogP contribution in [0.4, 0.5) is 13.2 Å². The van der Waals surface area contributed by atoms with Crippen LogP contribution in [0, 0.1) is 5.92 Å². The van der Waals surface area contributed by atoms with E-state index in [0.29, 0.717) is 5.56 Å². The second-order valence-corrected chi connectivity index (χ2v) is 9.33. The van der Waals surface area contributed by atoms with Crippen molar-refractivity contribution < 1.29 is 18.0 Å². The van der Waals surface area contributed by atoms with Crippen molar-refractivity contribution in [2.75, 3.05) is 0 Å². The number of benzene rings is 3. The van der Waals surface area contributed by atoms with Gasteiger partial charge in [-0.3, -0.25) is 9.48 Å². The molecule has 0 spiro atoms. The Morgan fingerprint density at radius 2 is 1.69 bits per heavy atom. The zero-order chi connectivity index (χ0) is 24.6. The summed E-state index contributed by atoms with van der Waals surface area (Å²) in [7, 11) is 0. The van der Waals surface area contributed by atoms with Crippen LogP contribution < -0.4 is 5.73 Å². The van der Waals surface area contributed by atoms with Gasteiger partial charge in [0.2, 0.25) is 5.91 Å². The number of carbonyl (C=O) groups excluding carboxylic acids is 1. The van der Waals surface area contributed by atoms with Crippen molar-refractivity contribution >= 4 is 16.8 Å². The first-order valence-electron chi connectivity index (χ1n) is 11.8. The molecule has 0 aliphatic heterocycles. The molecule has 2 N–H and O–H groups in total. The van der Waals surface area contributed by atoms with Gasteiger partial charge in [-0.15, -0.1) is 0 Å². The number of rotatable bonds is 7. The summed E-state index contributed by atoms with van der Waals surface area (Å²) < 4.78 is 40.7. The summed E-state index contributed by atoms with van der Waals surface area (Å²) in [4.78, 5) is 11.5. The average molecular weight is 478 g/mol. The summed E-state index contributed by atoms with van der Waals surface area (Å²) in [5, 5.41) is 5.75. The highest BCUT2D eigenvalue weighted by atomic mass is 19.4. The number of carbonyl (C=O) groups is 1. The number of amides is 1. The molecule has 1 atom stereocenters. The predicted octanol–water partition coefficient (Wildman–Crippen LogP) is 6.99. The molecule has 0 saturated heterocycles. The highest BCUT2D eigenvalue weighted by Crippen LogP contribution is 2.36. The molecule has 5 rings (SSSR count). The van der Waals surface area contributed by atoms with Crippen LogP contribution in [-0.2, 0) is 6.18 Å². The number of aromatic nitrogens is 2. The SMILES string of the molecule is NC(=O)c1ccc(C(CCC2CCC2)n2cc3cc(-c4ccc(C(F)(F)F)cc4)ccc3n2)cc1. The lowest BCUT2D eigenvalue weighted by Crippen LogP contribution is -2.17. The van der Waals surface area contributed by atoms with E-state index in [1.807, 2.05) is 41.2 Å². The lowest BCUT2D eigenvalue weighted by atomic mass is 9.81. The third-order valence-corrected chi connectivity index (χ3v) is 7.04. The van der Waals surface area contributed by atoms with Gasteiger partial charge in [0.05, 0.1) is 17.1 Å². The molecule has 35 heavy (non-hydrogen) atoms. The summed E-state index contributed by atoms with van der Waals surface area (Å²) in [5.41, 5.74) is 8.65. The van der Waals surface area contributed by atoms with Gasteiger partial charge in [0, 0.05) is 17.1 Å². The fraction of sp³-hybridized carbons (Fsp3) is 0.286. The van der Waals surface area contributed by atoms with E-state index >= 15 is 0 Å². The van der Waals surface area contributed by atoms with E-state index < -0.39 is 17.6 Å². The lowest BCUT2D eigenvalue weighted by molar-refractivity contribution is -0.137. The summed E-state index contributed by atoms with van der Waals surface area (Å²) in [6.07, 6.45) is 3.51. The number of fused-ring (bicyclic) bond motifs is 1. The van der Waals surface area contributed by atoms with Crippen LogP contribution in [0.3, 0.4) is 0 Å². The van der Waals surface area contributed by atoms with Crippen molar-refractivity contribution in [3.63, 3.8) is 0 Å². The normalized spacial score (nSPS) is 15.2. The first kappa shape index (κ1) is 23.1. The molecule has 3 aromatic carbocycles. The molecular formula is C28H26F3N3O. The van der Waals surface area contributed by atoms with E-state index in [1.165, 1.54) is 31.4 Å². The maximum Gasteiger partial charge on any atom is 0.416 e. The first-order chi connectivity index (χ1) is 16.8. The van der Waals surface area contributed by atoms with E-state index in [4.69, 9.17) is 10.8 Å². The van der Waals surface area contributed by atoms with Crippen molar-refractivity contribution in [2.24, 2.45) is 11.7 Å². The standard InChI is InChI=1S/C28H26F3N3O/c29-28(30,31)24-12-9-19(10-13-24)22-11-14-25-23(16-22)17-34(33-25)26(15-4-18-2-1-3-18)20-5-7-21(8-6-20)27(32)35/h5-14,16-18,26H,1-4,15H2,(H2,32,35). The van der Waals surface area contributed by atoms with Crippen LogP contribution in [0.25, 0.3) is 22.0 Å². The molecule has 1 aliphatic carbocycles. The molecule has 7 heteroatoms. The van der Waals surface area contributed by atoms with Gasteiger partial charge >= 0.3 is 6.18 Å². The van der Waals surface area contributed by atoms with Crippen LogP contribution in [-0.4, -0.2) is 15.7 Å². The zero-order valence-electron chi connectivity index (χ0n) is 19.1. The molecule has 1 unspecified atom stereocenters. The monoisotopic (exact) mass is 477 g/mol. The van der Waals surface area contributed by atoms with Gasteiger partial charge in [-0.1, -0.05) is 49.6 Å². The first-order valence-corrected chi connectivity index (χ1v) is 11.8. The molecule has 0 radical (unpaired) electrons. The van der Waals surface area contributed by atoms with Crippen molar-refractivity contribution in [3.8, 4) is 11.1 Å². The Bertz CT molecular complexity index is 1340. The average Bonchev–Trinajstić information content (AvgIpc) is 3.23. The minimum atomic E-state index is -4.35. The Morgan fingerprint density at radius 1 is 1.00 bits per heavy atom. The smallest absolute Gasteiger partial charge is 0.366 e. The predicted molar refractivity (Wildman–Crippen MR) is 130 cm³/mol. The second kappa shape index (κ2) is 9.21. The van der Waals surface area contributed by atoms with E-state index in [-0.39, 0.29) is 6.04 Å². The fourth-order valence-electron chi connectivity index (χ4n) is 4.73. The van der Waals surface area contributed by atoms with E-state index in [1.54, 1.807) is 12.1 Å². The molecule has 1 saturated carbocycles. The molecule has 1 aliphatic rings. The minimum absolute atomic E-state index is 0.0134. The Labute approximate surface area is 201 Å². The van der Waals surface area contributed by atoms with Crippen LogP contribution in [0.1, 0.15) is 59.6 Å². The summed E-state index contributed by atoms with van der Waals surface area (Å²) in [6.45, 7) is 0. The van der Waals surface area contributed by atoms with Gasteiger partial charge in [-0.2, -0.15) is 18.3 Å². The zero-order valence-corrected chi connectivity index (χ0v) is 19.1. The van der Waals surface area contributed by atoms with Crippen LogP contribution in [0.2, 0.25) is 0 Å². The molecule has 4 nitrogen and oxygen atoms in total. The molecule has 1 amide bonds. The maximum atomic E-state index is 12.9. The van der Waals surface area contributed by atoms with Crippen molar-refractivity contribution in [2.45, 2.75) is 44.3 Å². The molecule has 1 aromatic heterocycles. The third-order valence-electron chi connectivity index (χ3n) is 7.04. The summed E-state index contributed by atoms with van der Waals surface area (Å²) in [5.74, 6) is 0.293. The number of hydrogen-bond acceptors (Lipinski definition) is 2. The Morgan fingerprint density at radius 3 is 2.29 bits per heavy atom. The number of nitrogens with zero attached hydrogens (tertiary/aromatic N) is 2. The van der Waals surface area contributed by atoms with Crippen molar-refractivity contribution in [3.05, 3.63) is 89.6 Å². The van der Waals surface area contributed by atoms with E-state index in [2.05, 4.69) is 0 Å². The molecule has 0 bridgehead atoms. The van der Waals surface area contributed by atoms with E-state index in [0.717, 1.165) is 58.5 Å². The highest BCUT2D eigenvalue weighted by Gasteiger charge is 2.30. The quantitative estimate of drug-likeness (QED) is 0.312. The number of primary amides is 1. The topological polar surface area (TPSA) is 60.9 Å². The molecular weight excluding hydrogens is 451 g/mol. The molecule has 1 heterocycles. The largest absolute Gasteiger partial charge is 0.416 e. The Balaban J connectivity index is 1.45. The molecule has 4 aromatic rings. The van der Waals surface area contributed by atoms with Gasteiger partial charge in [0.1, 0.15) is 0 Å². The Kier molecular flexibility index (Phi) is 6.09. The highest BCUT2D eigenvalue weighted by molar-refractivity contribution is 5.92. The van der Waals surface area contributed by atoms with E-state index in [9.17, 15) is 18.0 Å². The number of halogens is 3. The number of alkyl halides is 3. The second-order valence-electron chi connectivity index (χ2n) is 9.33. The third kappa shape index (κ3) is 4.94. The fourth-order valence-corrected chi connectivity index (χ4v) is 4.73. The van der Waals surface area contributed by atoms with Crippen molar-refractivity contribution in [1.82, 2.24) is 9.78 Å². The molecule has 180 valence electrons. The molecule has 1 fully saturated rings. The van der Waals surface area contributed by atoms with Crippen LogP contribution >= 0.6 is 0 Å². The number of nitrogens with two attached hydrogens (primary N) is 1. The van der Waals surface area contributed by atoms with Gasteiger partial charge in [-0.05, 0) is 71.8 Å². The van der Waals surface area contributed by atoms with Crippen LogP contribution in [0.15, 0.2) is 72.9 Å². The lowest BCUT2D eigenvalue weighted by Gasteiger charge is -2.27. The summed E-state index contributed by atoms with van der Waals surface area (Å²) >= 11 is 0. The number of hydrogen-bond donors (Lipinski definition) is 1. The van der Waals surface area contributed by atoms with Gasteiger partial charge < -0.3 is 5.73 Å². The van der Waals surface area contributed by atoms with Crippen LogP contribution in [0.5, 0.6) is 0 Å². The summed E-state index contributed by atoms with van der Waals surface area (Å²) in [6, 6.07) is 18.3. The Hall–Kier alpha value is -3.61. The van der Waals surface area contributed by atoms with Gasteiger partial charge in [-0.25, -0.2) is 0 Å². The van der Waals surface area contributed by atoms with Gasteiger partial charge in [0.25, 0.3) is 0 Å². The minimum Gasteiger partial charge on any atom is -0.366 e.